The van der Waals surface area contributed by atoms with Gasteiger partial charge >= 0.3 is 0 Å². The van der Waals surface area contributed by atoms with Crippen molar-refractivity contribution in [1.29, 1.82) is 0 Å². The van der Waals surface area contributed by atoms with Crippen molar-refractivity contribution in [2.45, 2.75) is 11.6 Å². The second-order valence-electron chi connectivity index (χ2n) is 8.10. The highest BCUT2D eigenvalue weighted by molar-refractivity contribution is 7.98. The lowest BCUT2D eigenvalue weighted by atomic mass is 10.1. The highest BCUT2D eigenvalue weighted by Crippen LogP contribution is 2.38. The zero-order valence-electron chi connectivity index (χ0n) is 18.8. The van der Waals surface area contributed by atoms with Gasteiger partial charge in [-0.3, -0.25) is 0 Å². The molecule has 0 radical (unpaired) electrons. The molecule has 2 aromatic heterocycles. The van der Waals surface area contributed by atoms with E-state index in [-0.39, 0.29) is 0 Å². The maximum absolute atomic E-state index is 5.84. The molecule has 0 saturated carbocycles. The number of rotatable bonds is 6. The van der Waals surface area contributed by atoms with E-state index in [0.29, 0.717) is 34.4 Å². The fourth-order valence-electron chi connectivity index (χ4n) is 4.15. The Labute approximate surface area is 206 Å². The molecule has 1 aliphatic rings. The van der Waals surface area contributed by atoms with E-state index in [2.05, 4.69) is 72.9 Å². The van der Waals surface area contributed by atoms with E-state index in [1.54, 1.807) is 6.07 Å². The molecule has 2 heterocycles. The second-order valence-corrected chi connectivity index (χ2v) is 8.87. The molecule has 0 fully saturated rings. The van der Waals surface area contributed by atoms with Gasteiger partial charge in [0.1, 0.15) is 11.6 Å². The van der Waals surface area contributed by atoms with Gasteiger partial charge in [-0.1, -0.05) is 42.1 Å². The molecule has 4 N–H and O–H groups in total. The maximum Gasteiger partial charge on any atom is 0.226 e. The third-order valence-electron chi connectivity index (χ3n) is 5.78. The van der Waals surface area contributed by atoms with Crippen LogP contribution in [0.25, 0.3) is 22.5 Å². The first-order valence-electron chi connectivity index (χ1n) is 11.0. The Balaban J connectivity index is 1.17. The normalized spacial score (nSPS) is 11.7. The number of hydrogen-bond donors (Lipinski definition) is 3. The summed E-state index contributed by atoms with van der Waals surface area (Å²) < 4.78 is 5.84. The summed E-state index contributed by atoms with van der Waals surface area (Å²) in [6.45, 7) is 0. The molecule has 3 aromatic carbocycles. The number of nitrogens with one attached hydrogen (secondary N) is 2. The molecule has 9 heteroatoms. The summed E-state index contributed by atoms with van der Waals surface area (Å²) in [6.07, 6.45) is 2.86. The zero-order valence-corrected chi connectivity index (χ0v) is 19.6. The predicted molar refractivity (Wildman–Crippen MR) is 138 cm³/mol. The number of nitrogens with two attached hydrogens (primary N) is 1. The molecule has 0 spiro atoms. The predicted octanol–water partition coefficient (Wildman–Crippen LogP) is 5.67. The van der Waals surface area contributed by atoms with Crippen molar-refractivity contribution in [3.63, 3.8) is 0 Å². The van der Waals surface area contributed by atoms with Gasteiger partial charge in [0.2, 0.25) is 11.8 Å². The Hall–Kier alpha value is -4.37. The lowest BCUT2D eigenvalue weighted by Gasteiger charge is -2.07. The molecular formula is C26H21N7OS. The van der Waals surface area contributed by atoms with E-state index >= 15 is 0 Å². The summed E-state index contributed by atoms with van der Waals surface area (Å²) >= 11 is 1.41. The van der Waals surface area contributed by atoms with Gasteiger partial charge in [0, 0.05) is 17.3 Å². The van der Waals surface area contributed by atoms with Gasteiger partial charge in [0.25, 0.3) is 0 Å². The summed E-state index contributed by atoms with van der Waals surface area (Å²) in [5.41, 5.74) is 12.9. The number of aromatic amines is 1. The Morgan fingerprint density at radius 2 is 1.74 bits per heavy atom. The van der Waals surface area contributed by atoms with Crippen LogP contribution in [0.15, 0.2) is 78.0 Å². The SMILES string of the molecule is CSc1nc(N)cc(Oc2ccc(-c3nnc(Nc4ccc5c(c4)-c4ccccc4C5)[nH]3)cc2)n1. The fourth-order valence-corrected chi connectivity index (χ4v) is 4.53. The third-order valence-corrected chi connectivity index (χ3v) is 6.33. The van der Waals surface area contributed by atoms with Crippen molar-refractivity contribution < 1.29 is 4.74 Å². The Morgan fingerprint density at radius 1 is 0.914 bits per heavy atom. The number of thioether (sulfide) groups is 1. The van der Waals surface area contributed by atoms with Gasteiger partial charge in [-0.15, -0.1) is 10.2 Å². The number of anilines is 3. The van der Waals surface area contributed by atoms with E-state index < -0.39 is 0 Å². The summed E-state index contributed by atoms with van der Waals surface area (Å²) in [4.78, 5) is 11.7. The molecule has 8 nitrogen and oxygen atoms in total. The van der Waals surface area contributed by atoms with Gasteiger partial charge in [0.05, 0.1) is 0 Å². The standard InChI is InChI=1S/C26H21N7OS/c1-35-26-29-22(27)14-23(30-26)34-19-10-7-15(8-11-19)24-31-25(33-32-24)28-18-9-6-17-12-16-4-2-3-5-20(16)21(17)13-18/h2-11,13-14H,12H2,1H3,(H2,27,29,30)(H2,28,31,32,33). The van der Waals surface area contributed by atoms with E-state index in [1.165, 1.54) is 34.0 Å². The molecule has 5 aromatic rings. The molecule has 6 rings (SSSR count). The number of benzene rings is 3. The molecule has 0 unspecified atom stereocenters. The van der Waals surface area contributed by atoms with Gasteiger partial charge in [-0.05, 0) is 71.3 Å². The fraction of sp³-hybridized carbons (Fsp3) is 0.0769. The summed E-state index contributed by atoms with van der Waals surface area (Å²) in [5, 5.41) is 12.4. The quantitative estimate of drug-likeness (QED) is 0.207. The number of aromatic nitrogens is 5. The monoisotopic (exact) mass is 479 g/mol. The van der Waals surface area contributed by atoms with E-state index in [0.717, 1.165) is 17.7 Å². The maximum atomic E-state index is 5.84. The largest absolute Gasteiger partial charge is 0.439 e. The average Bonchev–Trinajstić information content (AvgIpc) is 3.49. The number of fused-ring (bicyclic) bond motifs is 3. The molecule has 35 heavy (non-hydrogen) atoms. The van der Waals surface area contributed by atoms with Crippen molar-refractivity contribution in [2.24, 2.45) is 0 Å². The first-order chi connectivity index (χ1) is 17.1. The van der Waals surface area contributed by atoms with Crippen molar-refractivity contribution in [3.8, 4) is 34.1 Å². The summed E-state index contributed by atoms with van der Waals surface area (Å²) in [7, 11) is 0. The smallest absolute Gasteiger partial charge is 0.226 e. The molecule has 0 atom stereocenters. The van der Waals surface area contributed by atoms with Crippen LogP contribution in [0, 0.1) is 0 Å². The van der Waals surface area contributed by atoms with Crippen LogP contribution in [0.1, 0.15) is 11.1 Å². The van der Waals surface area contributed by atoms with Gasteiger partial charge < -0.3 is 20.8 Å². The number of ether oxygens (including phenoxy) is 1. The topological polar surface area (TPSA) is 115 Å². The van der Waals surface area contributed by atoms with Crippen LogP contribution in [-0.4, -0.2) is 31.4 Å². The molecule has 0 saturated heterocycles. The van der Waals surface area contributed by atoms with E-state index in [1.807, 2.05) is 30.5 Å². The number of nitrogen functional groups attached to an aromatic ring is 1. The van der Waals surface area contributed by atoms with Gasteiger partial charge in [-0.25, -0.2) is 4.98 Å². The molecule has 0 aliphatic heterocycles. The van der Waals surface area contributed by atoms with E-state index in [9.17, 15) is 0 Å². The Morgan fingerprint density at radius 3 is 2.60 bits per heavy atom. The minimum atomic E-state index is 0.366. The lowest BCUT2D eigenvalue weighted by Crippen LogP contribution is -1.97. The van der Waals surface area contributed by atoms with Gasteiger partial charge in [-0.2, -0.15) is 4.98 Å². The van der Waals surface area contributed by atoms with Gasteiger partial charge in [0.15, 0.2) is 11.0 Å². The minimum absolute atomic E-state index is 0.366. The Bertz CT molecular complexity index is 1530. The zero-order chi connectivity index (χ0) is 23.8. The van der Waals surface area contributed by atoms with Crippen molar-refractivity contribution in [2.75, 3.05) is 17.3 Å². The number of hydrogen-bond acceptors (Lipinski definition) is 8. The summed E-state index contributed by atoms with van der Waals surface area (Å²) in [6, 6.07) is 24.0. The van der Waals surface area contributed by atoms with Crippen molar-refractivity contribution in [3.05, 3.63) is 83.9 Å². The number of H-pyrrole nitrogens is 1. The van der Waals surface area contributed by atoms with Crippen LogP contribution < -0.4 is 15.8 Å². The molecular weight excluding hydrogens is 458 g/mol. The molecule has 0 amide bonds. The van der Waals surface area contributed by atoms with E-state index in [4.69, 9.17) is 10.5 Å². The molecule has 0 bridgehead atoms. The molecule has 1 aliphatic carbocycles. The summed E-state index contributed by atoms with van der Waals surface area (Å²) in [5.74, 6) is 2.63. The first-order valence-corrected chi connectivity index (χ1v) is 12.2. The Kier molecular flexibility index (Phi) is 5.31. The lowest BCUT2D eigenvalue weighted by molar-refractivity contribution is 0.456. The van der Waals surface area contributed by atoms with Crippen molar-refractivity contribution >= 4 is 29.2 Å². The van der Waals surface area contributed by atoms with Crippen LogP contribution >= 0.6 is 11.8 Å². The van der Waals surface area contributed by atoms with Crippen LogP contribution in [0.4, 0.5) is 17.5 Å². The van der Waals surface area contributed by atoms with Crippen LogP contribution in [0.2, 0.25) is 0 Å². The second kappa shape index (κ2) is 8.77. The van der Waals surface area contributed by atoms with Crippen LogP contribution in [0.3, 0.4) is 0 Å². The molecule has 172 valence electrons. The highest BCUT2D eigenvalue weighted by atomic mass is 32.2. The third kappa shape index (κ3) is 4.29. The average molecular weight is 480 g/mol. The van der Waals surface area contributed by atoms with Crippen molar-refractivity contribution in [1.82, 2.24) is 25.1 Å². The highest BCUT2D eigenvalue weighted by Gasteiger charge is 2.18. The van der Waals surface area contributed by atoms with Crippen LogP contribution in [-0.2, 0) is 6.42 Å². The number of nitrogens with zero attached hydrogens (tertiary/aromatic N) is 4. The van der Waals surface area contributed by atoms with Crippen LogP contribution in [0.5, 0.6) is 11.6 Å². The minimum Gasteiger partial charge on any atom is -0.439 e. The first kappa shape index (κ1) is 21.2.